The second-order valence-electron chi connectivity index (χ2n) is 4.13. The molecule has 0 aromatic heterocycles. The Hall–Kier alpha value is -1.89. The molecule has 9 heteroatoms. The van der Waals surface area contributed by atoms with Crippen LogP contribution >= 0.6 is 7.60 Å². The second kappa shape index (κ2) is 6.51. The Morgan fingerprint density at radius 1 is 1.35 bits per heavy atom. The second-order valence-corrected chi connectivity index (χ2v) is 5.74. The summed E-state index contributed by atoms with van der Waals surface area (Å²) < 4.78 is 11.1. The molecule has 110 valence electrons. The molecular weight excluding hydrogens is 287 g/mol. The molecule has 0 saturated carbocycles. The fourth-order valence-corrected chi connectivity index (χ4v) is 2.11. The zero-order valence-electron chi connectivity index (χ0n) is 10.4. The van der Waals surface area contributed by atoms with Crippen LogP contribution in [0.4, 0.5) is 5.69 Å². The lowest BCUT2D eigenvalue weighted by Gasteiger charge is -2.16. The van der Waals surface area contributed by atoms with Crippen molar-refractivity contribution in [1.82, 2.24) is 0 Å². The van der Waals surface area contributed by atoms with E-state index in [0.717, 1.165) is 0 Å². The van der Waals surface area contributed by atoms with Gasteiger partial charge in [0.05, 0.1) is 5.30 Å². The van der Waals surface area contributed by atoms with Crippen LogP contribution < -0.4 is 16.4 Å². The molecule has 0 aliphatic carbocycles. The van der Waals surface area contributed by atoms with Gasteiger partial charge in [-0.1, -0.05) is 6.07 Å². The van der Waals surface area contributed by atoms with Crippen molar-refractivity contribution >= 4 is 30.5 Å². The zero-order chi connectivity index (χ0) is 15.3. The Kier molecular flexibility index (Phi) is 5.26. The molecule has 0 aliphatic rings. The third kappa shape index (κ3) is 5.00. The van der Waals surface area contributed by atoms with Crippen LogP contribution in [0.5, 0.6) is 0 Å². The molecule has 0 unspecified atom stereocenters. The monoisotopic (exact) mass is 302 g/mol. The van der Waals surface area contributed by atoms with E-state index in [0.29, 0.717) is 0 Å². The molecule has 0 radical (unpaired) electrons. The summed E-state index contributed by atoms with van der Waals surface area (Å²) in [6.45, 7) is 0. The number of nitrogens with two attached hydrogens (primary N) is 1. The Balaban J connectivity index is 2.86. The number of aliphatic carboxylic acids is 1. The highest BCUT2D eigenvalue weighted by atomic mass is 31.2. The van der Waals surface area contributed by atoms with Crippen LogP contribution in [0.15, 0.2) is 24.3 Å². The molecule has 0 spiro atoms. The van der Waals surface area contributed by atoms with E-state index < -0.39 is 25.5 Å². The smallest absolute Gasteiger partial charge is 0.356 e. The molecule has 0 aliphatic heterocycles. The molecule has 6 N–H and O–H groups in total. The maximum atomic E-state index is 11.1. The van der Waals surface area contributed by atoms with Crippen LogP contribution in [-0.2, 0) is 14.2 Å². The average molecular weight is 302 g/mol. The van der Waals surface area contributed by atoms with E-state index in [2.05, 4.69) is 5.32 Å². The fraction of sp³-hybridized carbons (Fsp3) is 0.273. The van der Waals surface area contributed by atoms with Crippen molar-refractivity contribution in [3.05, 3.63) is 24.3 Å². The van der Waals surface area contributed by atoms with Crippen molar-refractivity contribution in [3.8, 4) is 0 Å². The summed E-state index contributed by atoms with van der Waals surface area (Å²) >= 11 is 0. The summed E-state index contributed by atoms with van der Waals surface area (Å²) in [7, 11) is -4.40. The van der Waals surface area contributed by atoms with Crippen molar-refractivity contribution < 1.29 is 29.0 Å². The standard InChI is InChI=1S/C11H15N2O6P/c12-10(14)5-4-9(11(15)16)13-7-2-1-3-8(6-7)20(17,18)19/h1-3,6,9,13H,4-5H2,(H2,12,14)(H,15,16)(H2,17,18,19)/t9-/m0/s1. The van der Waals surface area contributed by atoms with E-state index >= 15 is 0 Å². The van der Waals surface area contributed by atoms with Crippen LogP contribution in [0, 0.1) is 0 Å². The van der Waals surface area contributed by atoms with E-state index in [1.54, 1.807) is 0 Å². The lowest BCUT2D eigenvalue weighted by molar-refractivity contribution is -0.138. The van der Waals surface area contributed by atoms with Gasteiger partial charge in [-0.2, -0.15) is 0 Å². The maximum Gasteiger partial charge on any atom is 0.356 e. The number of carbonyl (C=O) groups is 2. The number of benzene rings is 1. The molecule has 0 heterocycles. The average Bonchev–Trinajstić information content (AvgIpc) is 2.33. The van der Waals surface area contributed by atoms with Crippen LogP contribution in [0.3, 0.4) is 0 Å². The Labute approximate surface area is 114 Å². The molecule has 20 heavy (non-hydrogen) atoms. The van der Waals surface area contributed by atoms with Gasteiger partial charge in [0.15, 0.2) is 0 Å². The summed E-state index contributed by atoms with van der Waals surface area (Å²) in [6.07, 6.45) is -0.132. The molecule has 1 aromatic carbocycles. The fourth-order valence-electron chi connectivity index (χ4n) is 1.52. The van der Waals surface area contributed by atoms with E-state index in [9.17, 15) is 14.2 Å². The minimum absolute atomic E-state index is 0.0230. The van der Waals surface area contributed by atoms with Gasteiger partial charge in [0.25, 0.3) is 0 Å². The normalized spacial score (nSPS) is 12.7. The number of rotatable bonds is 7. The van der Waals surface area contributed by atoms with Crippen molar-refractivity contribution in [2.45, 2.75) is 18.9 Å². The lowest BCUT2D eigenvalue weighted by atomic mass is 10.1. The van der Waals surface area contributed by atoms with Crippen molar-refractivity contribution in [2.24, 2.45) is 5.73 Å². The number of anilines is 1. The van der Waals surface area contributed by atoms with Gasteiger partial charge in [0.2, 0.25) is 5.91 Å². The summed E-state index contributed by atoms with van der Waals surface area (Å²) in [4.78, 5) is 39.8. The summed E-state index contributed by atoms with van der Waals surface area (Å²) in [5.41, 5.74) is 5.19. The third-order valence-electron chi connectivity index (χ3n) is 2.50. The van der Waals surface area contributed by atoms with Gasteiger partial charge in [-0.05, 0) is 24.6 Å². The van der Waals surface area contributed by atoms with Gasteiger partial charge in [0.1, 0.15) is 6.04 Å². The SMILES string of the molecule is NC(=O)CC[C@H](Nc1cccc(P(=O)(O)O)c1)C(=O)O. The number of nitrogens with one attached hydrogen (secondary N) is 1. The van der Waals surface area contributed by atoms with Gasteiger partial charge in [-0.3, -0.25) is 9.36 Å². The number of carboxylic acids is 1. The Morgan fingerprint density at radius 2 is 2.00 bits per heavy atom. The Bertz CT molecular complexity index is 556. The highest BCUT2D eigenvalue weighted by Crippen LogP contribution is 2.33. The van der Waals surface area contributed by atoms with Gasteiger partial charge >= 0.3 is 13.6 Å². The summed E-state index contributed by atoms with van der Waals surface area (Å²) in [5.74, 6) is -1.81. The molecule has 1 rings (SSSR count). The van der Waals surface area contributed by atoms with Gasteiger partial charge in [-0.25, -0.2) is 4.79 Å². The first-order valence-electron chi connectivity index (χ1n) is 5.64. The van der Waals surface area contributed by atoms with Gasteiger partial charge < -0.3 is 25.9 Å². The molecule has 8 nitrogen and oxygen atoms in total. The molecule has 0 bridgehead atoms. The highest BCUT2D eigenvalue weighted by molar-refractivity contribution is 7.60. The van der Waals surface area contributed by atoms with Crippen LogP contribution in [-0.4, -0.2) is 32.8 Å². The maximum absolute atomic E-state index is 11.1. The third-order valence-corrected chi connectivity index (χ3v) is 3.45. The molecule has 0 fully saturated rings. The first-order valence-corrected chi connectivity index (χ1v) is 7.25. The molecule has 1 aromatic rings. The molecule has 0 saturated heterocycles. The number of primary amides is 1. The first-order chi connectivity index (χ1) is 9.20. The molecule has 1 amide bonds. The van der Waals surface area contributed by atoms with E-state index in [4.69, 9.17) is 20.6 Å². The van der Waals surface area contributed by atoms with Gasteiger partial charge in [-0.15, -0.1) is 0 Å². The highest BCUT2D eigenvalue weighted by Gasteiger charge is 2.20. The minimum atomic E-state index is -4.40. The quantitative estimate of drug-likeness (QED) is 0.431. The number of amides is 1. The summed E-state index contributed by atoms with van der Waals surface area (Å²) in [5, 5.41) is 11.4. The predicted octanol–water partition coefficient (Wildman–Crippen LogP) is -0.380. The zero-order valence-corrected chi connectivity index (χ0v) is 11.3. The number of hydrogen-bond donors (Lipinski definition) is 5. The predicted molar refractivity (Wildman–Crippen MR) is 71.6 cm³/mol. The lowest BCUT2D eigenvalue weighted by Crippen LogP contribution is -2.31. The van der Waals surface area contributed by atoms with Gasteiger partial charge in [0, 0.05) is 12.1 Å². The molecular formula is C11H15N2O6P. The van der Waals surface area contributed by atoms with E-state index in [1.165, 1.54) is 24.3 Å². The van der Waals surface area contributed by atoms with Crippen LogP contribution in [0.1, 0.15) is 12.8 Å². The number of hydrogen-bond acceptors (Lipinski definition) is 4. The summed E-state index contributed by atoms with van der Waals surface area (Å²) in [6, 6.07) is 4.20. The number of carboxylic acid groups (broad SMARTS) is 1. The molecule has 1 atom stereocenters. The van der Waals surface area contributed by atoms with E-state index in [1.807, 2.05) is 0 Å². The van der Waals surface area contributed by atoms with Crippen molar-refractivity contribution in [2.75, 3.05) is 5.32 Å². The topological polar surface area (TPSA) is 150 Å². The van der Waals surface area contributed by atoms with Crippen LogP contribution in [0.25, 0.3) is 0 Å². The largest absolute Gasteiger partial charge is 0.480 e. The Morgan fingerprint density at radius 3 is 2.50 bits per heavy atom. The van der Waals surface area contributed by atoms with Crippen molar-refractivity contribution in [3.63, 3.8) is 0 Å². The van der Waals surface area contributed by atoms with Crippen molar-refractivity contribution in [1.29, 1.82) is 0 Å². The van der Waals surface area contributed by atoms with E-state index in [-0.39, 0.29) is 23.8 Å². The first kappa shape index (κ1) is 16.2. The number of carbonyl (C=O) groups excluding carboxylic acids is 1. The minimum Gasteiger partial charge on any atom is -0.480 e. The van der Waals surface area contributed by atoms with Crippen LogP contribution in [0.2, 0.25) is 0 Å².